The first-order valence-electron chi connectivity index (χ1n) is 11.7. The SMILES string of the molecule is CC(NC(=O)OCC1c2ccccc2-c2ccccc21)C(=O)N1CCc2ccc(C(=O)O)cc2C1. The van der Waals surface area contributed by atoms with Gasteiger partial charge in [-0.15, -0.1) is 0 Å². The predicted octanol–water partition coefficient (Wildman–Crippen LogP) is 4.20. The Morgan fingerprint density at radius 2 is 1.66 bits per heavy atom. The summed E-state index contributed by atoms with van der Waals surface area (Å²) in [5, 5.41) is 11.9. The molecule has 35 heavy (non-hydrogen) atoms. The van der Waals surface area contributed by atoms with E-state index >= 15 is 0 Å². The number of aromatic carboxylic acids is 1. The molecule has 3 aromatic carbocycles. The van der Waals surface area contributed by atoms with E-state index in [1.807, 2.05) is 24.3 Å². The molecule has 2 N–H and O–H groups in total. The number of carbonyl (C=O) groups is 3. The van der Waals surface area contributed by atoms with Crippen LogP contribution in [0, 0.1) is 0 Å². The van der Waals surface area contributed by atoms with Gasteiger partial charge in [0.1, 0.15) is 12.6 Å². The highest BCUT2D eigenvalue weighted by Crippen LogP contribution is 2.44. The Bertz CT molecular complexity index is 1270. The lowest BCUT2D eigenvalue weighted by Crippen LogP contribution is -2.48. The zero-order chi connectivity index (χ0) is 24.5. The molecule has 0 saturated carbocycles. The molecule has 1 atom stereocenters. The molecule has 1 aliphatic heterocycles. The average Bonchev–Trinajstić information content (AvgIpc) is 3.20. The Morgan fingerprint density at radius 3 is 2.31 bits per heavy atom. The van der Waals surface area contributed by atoms with Gasteiger partial charge in [-0.3, -0.25) is 4.79 Å². The van der Waals surface area contributed by atoms with Gasteiger partial charge in [0.05, 0.1) is 5.56 Å². The van der Waals surface area contributed by atoms with Crippen LogP contribution in [0.1, 0.15) is 45.5 Å². The highest BCUT2D eigenvalue weighted by molar-refractivity contribution is 5.88. The number of rotatable bonds is 5. The summed E-state index contributed by atoms with van der Waals surface area (Å²) >= 11 is 0. The molecule has 178 valence electrons. The minimum atomic E-state index is -0.999. The largest absolute Gasteiger partial charge is 0.478 e. The van der Waals surface area contributed by atoms with E-state index in [4.69, 9.17) is 4.74 Å². The fourth-order valence-electron chi connectivity index (χ4n) is 5.03. The summed E-state index contributed by atoms with van der Waals surface area (Å²) in [6, 6.07) is 20.4. The van der Waals surface area contributed by atoms with Crippen LogP contribution in [-0.4, -0.2) is 47.2 Å². The Kier molecular flexibility index (Phi) is 5.99. The fraction of sp³-hybridized carbons (Fsp3) is 0.250. The number of hydrogen-bond acceptors (Lipinski definition) is 4. The molecule has 3 aromatic rings. The zero-order valence-corrected chi connectivity index (χ0v) is 19.4. The summed E-state index contributed by atoms with van der Waals surface area (Å²) in [5.74, 6) is -1.28. The van der Waals surface area contributed by atoms with Gasteiger partial charge in [-0.1, -0.05) is 54.6 Å². The zero-order valence-electron chi connectivity index (χ0n) is 19.4. The van der Waals surface area contributed by atoms with Crippen LogP contribution in [-0.2, 0) is 22.5 Å². The van der Waals surface area contributed by atoms with Crippen molar-refractivity contribution in [1.29, 1.82) is 0 Å². The molecule has 0 aromatic heterocycles. The minimum absolute atomic E-state index is 0.0545. The Hall–Kier alpha value is -4.13. The Balaban J connectivity index is 1.20. The summed E-state index contributed by atoms with van der Waals surface area (Å²) in [6.45, 7) is 2.63. The molecule has 7 nitrogen and oxygen atoms in total. The third-order valence-electron chi connectivity index (χ3n) is 6.83. The molecule has 5 rings (SSSR count). The monoisotopic (exact) mass is 470 g/mol. The first kappa shape index (κ1) is 22.7. The van der Waals surface area contributed by atoms with Crippen LogP contribution in [0.4, 0.5) is 4.79 Å². The maximum atomic E-state index is 13.0. The van der Waals surface area contributed by atoms with Crippen molar-refractivity contribution in [3.05, 3.63) is 94.5 Å². The van der Waals surface area contributed by atoms with E-state index in [1.165, 1.54) is 0 Å². The van der Waals surface area contributed by atoms with E-state index in [0.717, 1.165) is 33.4 Å². The highest BCUT2D eigenvalue weighted by atomic mass is 16.5. The van der Waals surface area contributed by atoms with Crippen molar-refractivity contribution in [3.63, 3.8) is 0 Å². The Morgan fingerprint density at radius 1 is 1.00 bits per heavy atom. The summed E-state index contributed by atoms with van der Waals surface area (Å²) in [6.07, 6.45) is -0.00294. The second-order valence-electron chi connectivity index (χ2n) is 8.99. The number of ether oxygens (including phenoxy) is 1. The molecule has 2 amide bonds. The molecule has 1 unspecified atom stereocenters. The van der Waals surface area contributed by atoms with Crippen LogP contribution in [0.5, 0.6) is 0 Å². The van der Waals surface area contributed by atoms with Crippen molar-refractivity contribution in [2.24, 2.45) is 0 Å². The van der Waals surface area contributed by atoms with Crippen molar-refractivity contribution in [1.82, 2.24) is 10.2 Å². The van der Waals surface area contributed by atoms with E-state index in [1.54, 1.807) is 30.0 Å². The molecular weight excluding hydrogens is 444 g/mol. The van der Waals surface area contributed by atoms with Gasteiger partial charge in [0.25, 0.3) is 0 Å². The number of hydrogen-bond donors (Lipinski definition) is 2. The van der Waals surface area contributed by atoms with Gasteiger partial charge >= 0.3 is 12.1 Å². The van der Waals surface area contributed by atoms with Crippen molar-refractivity contribution >= 4 is 18.0 Å². The third-order valence-corrected chi connectivity index (χ3v) is 6.83. The number of nitrogens with zero attached hydrogens (tertiary/aromatic N) is 1. The quantitative estimate of drug-likeness (QED) is 0.583. The van der Waals surface area contributed by atoms with Gasteiger partial charge in [0.2, 0.25) is 5.91 Å². The normalized spacial score (nSPS) is 14.9. The molecule has 0 saturated heterocycles. The number of alkyl carbamates (subject to hydrolysis) is 1. The summed E-state index contributed by atoms with van der Waals surface area (Å²) in [5.41, 5.74) is 6.60. The third kappa shape index (κ3) is 4.37. The van der Waals surface area contributed by atoms with Gasteiger partial charge in [0.15, 0.2) is 0 Å². The number of carbonyl (C=O) groups excluding carboxylic acids is 2. The molecule has 0 fully saturated rings. The maximum absolute atomic E-state index is 13.0. The first-order valence-corrected chi connectivity index (χ1v) is 11.7. The van der Waals surface area contributed by atoms with Crippen molar-refractivity contribution in [3.8, 4) is 11.1 Å². The van der Waals surface area contributed by atoms with Crippen LogP contribution in [0.2, 0.25) is 0 Å². The van der Waals surface area contributed by atoms with Gasteiger partial charge in [-0.2, -0.15) is 0 Å². The second kappa shape index (κ2) is 9.25. The van der Waals surface area contributed by atoms with Crippen LogP contribution in [0.25, 0.3) is 11.1 Å². The molecule has 1 aliphatic carbocycles. The van der Waals surface area contributed by atoms with Gasteiger partial charge in [0, 0.05) is 19.0 Å². The lowest BCUT2D eigenvalue weighted by molar-refractivity contribution is -0.133. The van der Waals surface area contributed by atoms with Crippen LogP contribution >= 0.6 is 0 Å². The topological polar surface area (TPSA) is 95.9 Å². The molecule has 0 radical (unpaired) electrons. The van der Waals surface area contributed by atoms with Crippen molar-refractivity contribution < 1.29 is 24.2 Å². The van der Waals surface area contributed by atoms with E-state index in [0.29, 0.717) is 19.5 Å². The molecular formula is C28H26N2O5. The van der Waals surface area contributed by atoms with Gasteiger partial charge in [-0.05, 0) is 58.9 Å². The van der Waals surface area contributed by atoms with E-state index < -0.39 is 18.1 Å². The average molecular weight is 471 g/mol. The van der Waals surface area contributed by atoms with Gasteiger partial charge < -0.3 is 20.1 Å². The molecule has 7 heteroatoms. The summed E-state index contributed by atoms with van der Waals surface area (Å²) in [7, 11) is 0. The van der Waals surface area contributed by atoms with Crippen LogP contribution < -0.4 is 5.32 Å². The van der Waals surface area contributed by atoms with E-state index in [2.05, 4.69) is 29.6 Å². The molecule has 1 heterocycles. The smallest absolute Gasteiger partial charge is 0.407 e. The number of carboxylic acid groups (broad SMARTS) is 1. The molecule has 0 spiro atoms. The number of carboxylic acids is 1. The van der Waals surface area contributed by atoms with Crippen LogP contribution in [0.15, 0.2) is 66.7 Å². The lowest BCUT2D eigenvalue weighted by atomic mass is 9.97. The highest BCUT2D eigenvalue weighted by Gasteiger charge is 2.30. The number of amides is 2. The molecule has 0 bridgehead atoms. The van der Waals surface area contributed by atoms with Crippen LogP contribution in [0.3, 0.4) is 0 Å². The predicted molar refractivity (Wildman–Crippen MR) is 130 cm³/mol. The van der Waals surface area contributed by atoms with Crippen molar-refractivity contribution in [2.75, 3.05) is 13.2 Å². The van der Waals surface area contributed by atoms with Gasteiger partial charge in [-0.25, -0.2) is 9.59 Å². The molecule has 2 aliphatic rings. The second-order valence-corrected chi connectivity index (χ2v) is 8.99. The Labute approximate surface area is 203 Å². The first-order chi connectivity index (χ1) is 16.9. The summed E-state index contributed by atoms with van der Waals surface area (Å²) < 4.78 is 5.56. The maximum Gasteiger partial charge on any atom is 0.407 e. The van der Waals surface area contributed by atoms with E-state index in [-0.39, 0.29) is 24.0 Å². The van der Waals surface area contributed by atoms with Crippen molar-refractivity contribution in [2.45, 2.75) is 31.8 Å². The summed E-state index contributed by atoms with van der Waals surface area (Å²) in [4.78, 5) is 38.5. The number of nitrogens with one attached hydrogen (secondary N) is 1. The number of benzene rings is 3. The minimum Gasteiger partial charge on any atom is -0.478 e. The number of fused-ring (bicyclic) bond motifs is 4. The lowest BCUT2D eigenvalue weighted by Gasteiger charge is -2.31. The van der Waals surface area contributed by atoms with E-state index in [9.17, 15) is 19.5 Å². The fourth-order valence-corrected chi connectivity index (χ4v) is 5.03. The standard InChI is InChI=1S/C28H26N2O5/c1-17(26(31)30-13-12-18-10-11-19(27(32)33)14-20(18)15-30)29-28(34)35-16-25-23-8-4-2-6-21(23)22-7-3-5-9-24(22)25/h2-11,14,17,25H,12-13,15-16H2,1H3,(H,29,34)(H,32,33).